The van der Waals surface area contributed by atoms with E-state index < -0.39 is 0 Å². The van der Waals surface area contributed by atoms with Gasteiger partial charge in [-0.1, -0.05) is 23.8 Å². The van der Waals surface area contributed by atoms with Crippen LogP contribution in [0.3, 0.4) is 0 Å². The number of halogens is 1. The molecule has 3 nitrogen and oxygen atoms in total. The molecule has 2 N–H and O–H groups in total. The van der Waals surface area contributed by atoms with Crippen LogP contribution in [0.4, 0.5) is 0 Å². The van der Waals surface area contributed by atoms with E-state index in [2.05, 4.69) is 10.2 Å². The first kappa shape index (κ1) is 10.3. The molecule has 5 heteroatoms. The Kier molecular flexibility index (Phi) is 3.17. The van der Waals surface area contributed by atoms with Crippen LogP contribution in [0.5, 0.6) is 0 Å². The predicted octanol–water partition coefficient (Wildman–Crippen LogP) is 1.58. The largest absolute Gasteiger partial charge is 0.393 e. The summed E-state index contributed by atoms with van der Waals surface area (Å²) in [6.07, 6.45) is 0.482. The molecule has 0 aromatic carbocycles. The Bertz CT molecular complexity index is 351. The van der Waals surface area contributed by atoms with E-state index in [-0.39, 0.29) is 0 Å². The first-order valence-electron chi connectivity index (χ1n) is 3.79. The maximum Gasteiger partial charge on any atom is 0.155 e. The molecule has 0 atom stereocenters. The van der Waals surface area contributed by atoms with Gasteiger partial charge in [0.05, 0.1) is 10.7 Å². The van der Waals surface area contributed by atoms with Crippen molar-refractivity contribution in [1.82, 2.24) is 10.2 Å². The monoisotopic (exact) mass is 215 g/mol. The van der Waals surface area contributed by atoms with Crippen LogP contribution in [-0.4, -0.2) is 15.2 Å². The first-order valence-corrected chi connectivity index (χ1v) is 4.57. The number of thiocarbonyl (C=S) groups is 1. The Morgan fingerprint density at radius 1 is 1.46 bits per heavy atom. The summed E-state index contributed by atoms with van der Waals surface area (Å²) in [5, 5.41) is 8.06. The van der Waals surface area contributed by atoms with Gasteiger partial charge in [-0.2, -0.15) is 5.10 Å². The van der Waals surface area contributed by atoms with Crippen molar-refractivity contribution in [3.05, 3.63) is 22.0 Å². The Labute approximate surface area is 87.3 Å². The molecule has 0 saturated carbocycles. The Hall–Kier alpha value is -0.740. The molecule has 0 amide bonds. The van der Waals surface area contributed by atoms with Crippen molar-refractivity contribution in [3.8, 4) is 0 Å². The number of nitrogens with two attached hydrogens (primary N) is 1. The van der Waals surface area contributed by atoms with Crippen LogP contribution in [0, 0.1) is 13.8 Å². The number of rotatable bonds is 2. The number of nitrogens with zero attached hydrogens (tertiary/aromatic N) is 2. The van der Waals surface area contributed by atoms with Crippen molar-refractivity contribution in [2.75, 3.05) is 0 Å². The summed E-state index contributed by atoms with van der Waals surface area (Å²) >= 11 is 10.7. The standard InChI is InChI=1S/C8H10ClN3S/c1-4-5(2)11-12-8(9)6(4)3-7(10)13/h3H2,1-2H3,(H2,10,13). The van der Waals surface area contributed by atoms with Crippen LogP contribution in [0.1, 0.15) is 16.8 Å². The van der Waals surface area contributed by atoms with E-state index in [0.717, 1.165) is 16.8 Å². The summed E-state index contributed by atoms with van der Waals surface area (Å²) in [5.41, 5.74) is 8.18. The fourth-order valence-electron chi connectivity index (χ4n) is 1.01. The third-order valence-corrected chi connectivity index (χ3v) is 2.33. The molecule has 0 radical (unpaired) electrons. The highest BCUT2D eigenvalue weighted by Crippen LogP contribution is 2.18. The van der Waals surface area contributed by atoms with E-state index in [4.69, 9.17) is 29.6 Å². The minimum atomic E-state index is 0.385. The van der Waals surface area contributed by atoms with Gasteiger partial charge in [0.2, 0.25) is 0 Å². The summed E-state index contributed by atoms with van der Waals surface area (Å²) in [7, 11) is 0. The average Bonchev–Trinajstić information content (AvgIpc) is 2.05. The fourth-order valence-corrected chi connectivity index (χ4v) is 1.40. The van der Waals surface area contributed by atoms with Crippen LogP contribution in [0.25, 0.3) is 0 Å². The zero-order valence-electron chi connectivity index (χ0n) is 7.47. The molecule has 1 aromatic rings. The molecule has 1 aromatic heterocycles. The summed E-state index contributed by atoms with van der Waals surface area (Å²) in [6.45, 7) is 3.81. The minimum Gasteiger partial charge on any atom is -0.393 e. The predicted molar refractivity (Wildman–Crippen MR) is 57.0 cm³/mol. The molecule has 0 aliphatic heterocycles. The minimum absolute atomic E-state index is 0.385. The highest BCUT2D eigenvalue weighted by Gasteiger charge is 2.09. The fraction of sp³-hybridized carbons (Fsp3) is 0.375. The Balaban J connectivity index is 3.17. The van der Waals surface area contributed by atoms with Gasteiger partial charge in [0, 0.05) is 12.0 Å². The molecule has 70 valence electrons. The number of aromatic nitrogens is 2. The zero-order valence-corrected chi connectivity index (χ0v) is 9.04. The molecule has 13 heavy (non-hydrogen) atoms. The third kappa shape index (κ3) is 2.35. The van der Waals surface area contributed by atoms with Crippen LogP contribution >= 0.6 is 23.8 Å². The molecular formula is C8H10ClN3S. The van der Waals surface area contributed by atoms with Gasteiger partial charge in [0.1, 0.15) is 0 Å². The van der Waals surface area contributed by atoms with E-state index in [9.17, 15) is 0 Å². The first-order chi connectivity index (χ1) is 6.02. The molecule has 0 fully saturated rings. The lowest BCUT2D eigenvalue weighted by Crippen LogP contribution is -2.13. The molecule has 0 saturated heterocycles. The van der Waals surface area contributed by atoms with Crippen LogP contribution in [-0.2, 0) is 6.42 Å². The van der Waals surface area contributed by atoms with Gasteiger partial charge in [0.15, 0.2) is 5.15 Å². The van der Waals surface area contributed by atoms with E-state index in [1.807, 2.05) is 13.8 Å². The Morgan fingerprint density at radius 3 is 2.62 bits per heavy atom. The van der Waals surface area contributed by atoms with Crippen molar-refractivity contribution >= 4 is 28.8 Å². The number of hydrogen-bond donors (Lipinski definition) is 1. The van der Waals surface area contributed by atoms with Crippen molar-refractivity contribution < 1.29 is 0 Å². The van der Waals surface area contributed by atoms with Crippen LogP contribution in [0.15, 0.2) is 0 Å². The second-order valence-electron chi connectivity index (χ2n) is 2.82. The van der Waals surface area contributed by atoms with Crippen molar-refractivity contribution in [2.24, 2.45) is 5.73 Å². The second kappa shape index (κ2) is 3.98. The number of hydrogen-bond acceptors (Lipinski definition) is 3. The molecule has 0 bridgehead atoms. The molecule has 1 rings (SSSR count). The second-order valence-corrected chi connectivity index (χ2v) is 3.71. The highest BCUT2D eigenvalue weighted by molar-refractivity contribution is 7.80. The van der Waals surface area contributed by atoms with Gasteiger partial charge in [0.25, 0.3) is 0 Å². The average molecular weight is 216 g/mol. The normalized spacial score (nSPS) is 10.1. The molecule has 0 aliphatic rings. The lowest BCUT2D eigenvalue weighted by atomic mass is 10.1. The van der Waals surface area contributed by atoms with Crippen molar-refractivity contribution in [1.29, 1.82) is 0 Å². The van der Waals surface area contributed by atoms with Gasteiger partial charge in [-0.05, 0) is 19.4 Å². The lowest BCUT2D eigenvalue weighted by Gasteiger charge is -2.07. The maximum atomic E-state index is 5.86. The summed E-state index contributed by atoms with van der Waals surface area (Å²) in [6, 6.07) is 0. The zero-order chi connectivity index (χ0) is 10.0. The molecular weight excluding hydrogens is 206 g/mol. The van der Waals surface area contributed by atoms with Gasteiger partial charge in [-0.25, -0.2) is 0 Å². The van der Waals surface area contributed by atoms with E-state index in [0.29, 0.717) is 16.6 Å². The maximum absolute atomic E-state index is 5.86. The SMILES string of the molecule is Cc1nnc(Cl)c(CC(N)=S)c1C. The molecule has 1 heterocycles. The van der Waals surface area contributed by atoms with Crippen molar-refractivity contribution in [2.45, 2.75) is 20.3 Å². The lowest BCUT2D eigenvalue weighted by molar-refractivity contribution is 0.938. The van der Waals surface area contributed by atoms with Gasteiger partial charge in [-0.15, -0.1) is 5.10 Å². The van der Waals surface area contributed by atoms with Crippen LogP contribution < -0.4 is 5.73 Å². The smallest absolute Gasteiger partial charge is 0.155 e. The number of aryl methyl sites for hydroxylation is 1. The van der Waals surface area contributed by atoms with E-state index >= 15 is 0 Å². The highest BCUT2D eigenvalue weighted by atomic mass is 35.5. The summed E-state index contributed by atoms with van der Waals surface area (Å²) < 4.78 is 0. The molecule has 0 aliphatic carbocycles. The molecule has 0 unspecified atom stereocenters. The Morgan fingerprint density at radius 2 is 2.08 bits per heavy atom. The van der Waals surface area contributed by atoms with Crippen LogP contribution in [0.2, 0.25) is 5.15 Å². The van der Waals surface area contributed by atoms with Crippen molar-refractivity contribution in [3.63, 3.8) is 0 Å². The third-order valence-electron chi connectivity index (χ3n) is 1.88. The van der Waals surface area contributed by atoms with E-state index in [1.165, 1.54) is 0 Å². The van der Waals surface area contributed by atoms with Gasteiger partial charge in [-0.3, -0.25) is 0 Å². The summed E-state index contributed by atoms with van der Waals surface area (Å²) in [4.78, 5) is 0.414. The topological polar surface area (TPSA) is 51.8 Å². The quantitative estimate of drug-likeness (QED) is 0.762. The van der Waals surface area contributed by atoms with E-state index in [1.54, 1.807) is 0 Å². The molecule has 0 spiro atoms. The van der Waals surface area contributed by atoms with Gasteiger partial charge >= 0.3 is 0 Å². The van der Waals surface area contributed by atoms with Gasteiger partial charge < -0.3 is 5.73 Å². The summed E-state index contributed by atoms with van der Waals surface area (Å²) in [5.74, 6) is 0.